The molecule has 0 unspecified atom stereocenters. The summed E-state index contributed by atoms with van der Waals surface area (Å²) in [7, 11) is -1.50. The summed E-state index contributed by atoms with van der Waals surface area (Å²) < 4.78 is 11.6. The number of carbonyl (C=O) groups is 1. The van der Waals surface area contributed by atoms with Crippen LogP contribution in [0.3, 0.4) is 0 Å². The molecule has 31 heavy (non-hydrogen) atoms. The van der Waals surface area contributed by atoms with Crippen molar-refractivity contribution in [1.29, 1.82) is 0 Å². The molecule has 0 spiro atoms. The van der Waals surface area contributed by atoms with Crippen LogP contribution >= 0.6 is 0 Å². The fourth-order valence-corrected chi connectivity index (χ4v) is 3.19. The molecule has 162 valence electrons. The summed E-state index contributed by atoms with van der Waals surface area (Å²) in [5.41, 5.74) is 2.73. The predicted molar refractivity (Wildman–Crippen MR) is 120 cm³/mol. The van der Waals surface area contributed by atoms with Crippen LogP contribution in [0.15, 0.2) is 52.9 Å². The highest BCUT2D eigenvalue weighted by Crippen LogP contribution is 2.25. The topological polar surface area (TPSA) is 92.8 Å². The number of nitrogens with zero attached hydrogens (tertiary/aromatic N) is 1. The van der Waals surface area contributed by atoms with Crippen LogP contribution in [0.2, 0.25) is 0 Å². The van der Waals surface area contributed by atoms with Gasteiger partial charge in [-0.3, -0.25) is 4.79 Å². The largest absolute Gasteiger partial charge is 0.493 e. The molecule has 0 bridgehead atoms. The number of aromatic nitrogens is 1. The first-order chi connectivity index (χ1) is 14.7. The van der Waals surface area contributed by atoms with E-state index in [4.69, 9.17) is 9.15 Å². The van der Waals surface area contributed by atoms with Gasteiger partial charge in [0.2, 0.25) is 5.89 Å². The zero-order chi connectivity index (χ0) is 22.6. The van der Waals surface area contributed by atoms with Gasteiger partial charge in [0, 0.05) is 17.4 Å². The summed E-state index contributed by atoms with van der Waals surface area (Å²) in [6, 6.07) is 14.6. The first-order valence-corrected chi connectivity index (χ1v) is 10.3. The maximum atomic E-state index is 11.7. The van der Waals surface area contributed by atoms with E-state index in [-0.39, 0.29) is 11.2 Å². The van der Waals surface area contributed by atoms with Gasteiger partial charge >= 0.3 is 7.12 Å². The Morgan fingerprint density at radius 3 is 2.32 bits per heavy atom. The minimum Gasteiger partial charge on any atom is -0.493 e. The quantitative estimate of drug-likeness (QED) is 0.516. The molecule has 0 amide bonds. The lowest BCUT2D eigenvalue weighted by molar-refractivity contribution is -0.124. The maximum Gasteiger partial charge on any atom is 0.488 e. The molecule has 7 heteroatoms. The molecule has 1 aromatic heterocycles. The van der Waals surface area contributed by atoms with E-state index in [1.807, 2.05) is 45.0 Å². The predicted octanol–water partition coefficient (Wildman–Crippen LogP) is 3.11. The van der Waals surface area contributed by atoms with E-state index in [9.17, 15) is 14.8 Å². The van der Waals surface area contributed by atoms with Crippen molar-refractivity contribution < 1.29 is 24.0 Å². The van der Waals surface area contributed by atoms with Gasteiger partial charge in [-0.25, -0.2) is 4.98 Å². The van der Waals surface area contributed by atoms with Crippen LogP contribution in [0, 0.1) is 12.3 Å². The lowest BCUT2D eigenvalue weighted by Crippen LogP contribution is -2.29. The molecule has 1 heterocycles. The summed E-state index contributed by atoms with van der Waals surface area (Å²) in [4.78, 5) is 16.3. The minimum atomic E-state index is -1.50. The second-order valence-corrected chi connectivity index (χ2v) is 8.38. The number of benzene rings is 2. The number of hydrogen-bond donors (Lipinski definition) is 2. The molecule has 0 saturated heterocycles. The van der Waals surface area contributed by atoms with Crippen molar-refractivity contribution in [1.82, 2.24) is 4.98 Å². The van der Waals surface area contributed by atoms with Crippen LogP contribution in [0.4, 0.5) is 0 Å². The molecule has 6 nitrogen and oxygen atoms in total. The molecule has 0 fully saturated rings. The van der Waals surface area contributed by atoms with E-state index >= 15 is 0 Å². The van der Waals surface area contributed by atoms with Gasteiger partial charge in [0.15, 0.2) is 0 Å². The van der Waals surface area contributed by atoms with Crippen molar-refractivity contribution in [3.63, 3.8) is 0 Å². The summed E-state index contributed by atoms with van der Waals surface area (Å²) >= 11 is 0. The normalized spacial score (nSPS) is 11.4. The van der Waals surface area contributed by atoms with E-state index in [0.29, 0.717) is 30.8 Å². The third kappa shape index (κ3) is 5.84. The number of ether oxygens (including phenoxy) is 1. The molecule has 3 aromatic rings. The number of Topliss-reactive ketones (excluding diaryl/α,β-unsaturated/α-hetero) is 1. The smallest absolute Gasteiger partial charge is 0.488 e. The molecule has 0 aliphatic carbocycles. The van der Waals surface area contributed by atoms with E-state index < -0.39 is 7.12 Å². The van der Waals surface area contributed by atoms with Crippen molar-refractivity contribution in [2.75, 3.05) is 6.61 Å². The Morgan fingerprint density at radius 2 is 1.74 bits per heavy atom. The summed E-state index contributed by atoms with van der Waals surface area (Å²) in [5, 5.41) is 18.4. The van der Waals surface area contributed by atoms with Crippen LogP contribution in [-0.2, 0) is 17.6 Å². The minimum absolute atomic E-state index is 0.178. The molecular formula is C24H28BNO5. The number of carbonyl (C=O) groups excluding carboxylic acids is 1. The highest BCUT2D eigenvalue weighted by molar-refractivity contribution is 6.58. The Kier molecular flexibility index (Phi) is 6.98. The Bertz CT molecular complexity index is 1020. The van der Waals surface area contributed by atoms with Crippen LogP contribution < -0.4 is 10.2 Å². The molecular weight excluding hydrogens is 393 g/mol. The summed E-state index contributed by atoms with van der Waals surface area (Å²) in [5.74, 6) is 2.16. The van der Waals surface area contributed by atoms with Crippen molar-refractivity contribution in [3.8, 4) is 17.2 Å². The molecule has 0 saturated carbocycles. The van der Waals surface area contributed by atoms with Gasteiger partial charge in [-0.05, 0) is 55.6 Å². The van der Waals surface area contributed by atoms with E-state index in [1.165, 1.54) is 0 Å². The molecule has 3 rings (SSSR count). The average Bonchev–Trinajstić information content (AvgIpc) is 3.09. The second-order valence-electron chi connectivity index (χ2n) is 8.38. The van der Waals surface area contributed by atoms with E-state index in [2.05, 4.69) is 4.98 Å². The first kappa shape index (κ1) is 22.8. The lowest BCUT2D eigenvalue weighted by atomic mass is 9.80. The maximum absolute atomic E-state index is 11.7. The molecule has 0 atom stereocenters. The Morgan fingerprint density at radius 1 is 1.10 bits per heavy atom. The van der Waals surface area contributed by atoms with Gasteiger partial charge in [-0.15, -0.1) is 0 Å². The summed E-state index contributed by atoms with van der Waals surface area (Å²) in [6.45, 7) is 7.87. The third-order valence-electron chi connectivity index (χ3n) is 5.48. The fourth-order valence-electron chi connectivity index (χ4n) is 3.19. The fraction of sp³-hybridized carbons (Fsp3) is 0.333. The zero-order valence-corrected chi connectivity index (χ0v) is 18.4. The molecule has 2 N–H and O–H groups in total. The summed E-state index contributed by atoms with van der Waals surface area (Å²) in [6.07, 6.45) is 1.30. The number of hydrogen-bond acceptors (Lipinski definition) is 6. The standard InChI is InChI=1S/C24H28BNO5/c1-16-22(26-23(31-16)19-7-9-20(10-8-19)25(28)29)13-14-30-21-11-5-18(6-12-21)15-24(3,4)17(2)27/h5-12,28-29H,13-15H2,1-4H3. The second kappa shape index (κ2) is 9.50. The van der Waals surface area contributed by atoms with Gasteiger partial charge in [0.05, 0.1) is 12.3 Å². The molecule has 2 aromatic carbocycles. The third-order valence-corrected chi connectivity index (χ3v) is 5.48. The lowest BCUT2D eigenvalue weighted by Gasteiger charge is -2.21. The Labute approximate surface area is 183 Å². The average molecular weight is 421 g/mol. The van der Waals surface area contributed by atoms with Crippen LogP contribution in [0.25, 0.3) is 11.5 Å². The highest BCUT2D eigenvalue weighted by Gasteiger charge is 2.23. The highest BCUT2D eigenvalue weighted by atomic mass is 16.5. The van der Waals surface area contributed by atoms with Crippen LogP contribution in [0.1, 0.15) is 37.8 Å². The SMILES string of the molecule is CC(=O)C(C)(C)Cc1ccc(OCCc2nc(-c3ccc(B(O)O)cc3)oc2C)cc1. The molecule has 0 aliphatic heterocycles. The monoisotopic (exact) mass is 421 g/mol. The number of ketones is 1. The number of oxazole rings is 1. The zero-order valence-electron chi connectivity index (χ0n) is 18.4. The van der Waals surface area contributed by atoms with Crippen LogP contribution in [-0.4, -0.2) is 34.5 Å². The molecule has 0 radical (unpaired) electrons. The van der Waals surface area contributed by atoms with Crippen molar-refractivity contribution in [2.24, 2.45) is 5.41 Å². The van der Waals surface area contributed by atoms with E-state index in [0.717, 1.165) is 28.3 Å². The van der Waals surface area contributed by atoms with Gasteiger partial charge in [-0.1, -0.05) is 38.1 Å². The number of aryl methyl sites for hydroxylation is 1. The number of rotatable bonds is 9. The Balaban J connectivity index is 1.57. The van der Waals surface area contributed by atoms with Crippen molar-refractivity contribution >= 4 is 18.4 Å². The molecule has 0 aliphatic rings. The van der Waals surface area contributed by atoms with Gasteiger partial charge < -0.3 is 19.2 Å². The van der Waals surface area contributed by atoms with Crippen LogP contribution in [0.5, 0.6) is 5.75 Å². The van der Waals surface area contributed by atoms with Gasteiger partial charge in [0.25, 0.3) is 0 Å². The first-order valence-electron chi connectivity index (χ1n) is 10.3. The van der Waals surface area contributed by atoms with Crippen molar-refractivity contribution in [2.45, 2.75) is 40.5 Å². The van der Waals surface area contributed by atoms with Gasteiger partial charge in [-0.2, -0.15) is 0 Å². The van der Waals surface area contributed by atoms with Crippen molar-refractivity contribution in [3.05, 3.63) is 65.5 Å². The van der Waals surface area contributed by atoms with E-state index in [1.54, 1.807) is 31.2 Å². The Hall–Kier alpha value is -2.90. The van der Waals surface area contributed by atoms with Gasteiger partial charge in [0.1, 0.15) is 17.3 Å².